The first kappa shape index (κ1) is 9.43. The van der Waals surface area contributed by atoms with E-state index in [1.54, 1.807) is 12.1 Å². The minimum Gasteiger partial charge on any atom is -0.493 e. The molecule has 2 rings (SSSR count). The second kappa shape index (κ2) is 3.94. The van der Waals surface area contributed by atoms with Gasteiger partial charge >= 0.3 is 0 Å². The molecule has 0 aromatic heterocycles. The molecule has 72 valence electrons. The molecule has 0 heterocycles. The van der Waals surface area contributed by atoms with Crippen molar-refractivity contribution >= 4 is 11.6 Å². The van der Waals surface area contributed by atoms with Crippen LogP contribution in [-0.4, -0.2) is 6.61 Å². The molecule has 0 saturated heterocycles. The molecular weight excluding hydrogens is 196 g/mol. The summed E-state index contributed by atoms with van der Waals surface area (Å²) in [5.74, 6) is 4.06. The second-order valence-corrected chi connectivity index (χ2v) is 4.01. The monoisotopic (exact) mass is 206 g/mol. The number of terminal acetylenes is 1. The van der Waals surface area contributed by atoms with Gasteiger partial charge in [-0.15, -0.1) is 6.42 Å². The molecule has 1 aromatic rings. The fourth-order valence-corrected chi connectivity index (χ4v) is 1.45. The molecule has 1 aromatic carbocycles. The molecular formula is C12H11ClO. The van der Waals surface area contributed by atoms with Gasteiger partial charge in [0, 0.05) is 10.6 Å². The highest BCUT2D eigenvalue weighted by molar-refractivity contribution is 6.30. The normalized spacial score (nSPS) is 14.9. The first-order chi connectivity index (χ1) is 6.78. The minimum atomic E-state index is 0.631. The fourth-order valence-electron chi connectivity index (χ4n) is 1.23. The van der Waals surface area contributed by atoms with Crippen molar-refractivity contribution in [2.24, 2.45) is 5.92 Å². The first-order valence-corrected chi connectivity index (χ1v) is 5.06. The lowest BCUT2D eigenvalue weighted by atomic mass is 10.2. The standard InChI is InChI=1S/C12H11ClO/c1-2-9-5-11(13)7-12(6-9)14-8-10-3-4-10/h1,5-7,10H,3-4,8H2. The zero-order valence-corrected chi connectivity index (χ0v) is 8.55. The molecule has 1 fully saturated rings. The third kappa shape index (κ3) is 2.43. The van der Waals surface area contributed by atoms with Gasteiger partial charge in [0.15, 0.2) is 0 Å². The molecule has 0 radical (unpaired) electrons. The number of rotatable bonds is 3. The van der Waals surface area contributed by atoms with Crippen molar-refractivity contribution in [2.45, 2.75) is 12.8 Å². The van der Waals surface area contributed by atoms with E-state index in [0.717, 1.165) is 23.8 Å². The molecule has 0 spiro atoms. The van der Waals surface area contributed by atoms with Crippen LogP contribution in [0.15, 0.2) is 18.2 Å². The third-order valence-electron chi connectivity index (χ3n) is 2.22. The molecule has 0 N–H and O–H groups in total. The highest BCUT2D eigenvalue weighted by Gasteiger charge is 2.21. The topological polar surface area (TPSA) is 9.23 Å². The Morgan fingerprint density at radius 1 is 1.43 bits per heavy atom. The fraction of sp³-hybridized carbons (Fsp3) is 0.333. The Kier molecular flexibility index (Phi) is 2.65. The predicted molar refractivity (Wildman–Crippen MR) is 57.6 cm³/mol. The zero-order valence-electron chi connectivity index (χ0n) is 7.79. The van der Waals surface area contributed by atoms with E-state index in [-0.39, 0.29) is 0 Å². The Bertz CT molecular complexity index is 374. The summed E-state index contributed by atoms with van der Waals surface area (Å²) in [5.41, 5.74) is 0.767. The smallest absolute Gasteiger partial charge is 0.122 e. The highest BCUT2D eigenvalue weighted by Crippen LogP contribution is 2.30. The molecule has 14 heavy (non-hydrogen) atoms. The van der Waals surface area contributed by atoms with Crippen LogP contribution in [0.4, 0.5) is 0 Å². The SMILES string of the molecule is C#Cc1cc(Cl)cc(OCC2CC2)c1. The van der Waals surface area contributed by atoms with Gasteiger partial charge in [-0.3, -0.25) is 0 Å². The van der Waals surface area contributed by atoms with Crippen molar-refractivity contribution in [1.29, 1.82) is 0 Å². The van der Waals surface area contributed by atoms with Gasteiger partial charge in [-0.05, 0) is 37.0 Å². The number of halogens is 1. The van der Waals surface area contributed by atoms with Crippen molar-refractivity contribution in [1.82, 2.24) is 0 Å². The molecule has 0 unspecified atom stereocenters. The van der Waals surface area contributed by atoms with E-state index in [2.05, 4.69) is 5.92 Å². The van der Waals surface area contributed by atoms with E-state index in [1.165, 1.54) is 12.8 Å². The second-order valence-electron chi connectivity index (χ2n) is 3.57. The molecule has 0 aliphatic heterocycles. The average Bonchev–Trinajstić information content (AvgIpc) is 2.97. The van der Waals surface area contributed by atoms with Gasteiger partial charge in [-0.25, -0.2) is 0 Å². The summed E-state index contributed by atoms with van der Waals surface area (Å²) in [4.78, 5) is 0. The lowest BCUT2D eigenvalue weighted by Gasteiger charge is -2.05. The maximum absolute atomic E-state index is 5.88. The zero-order chi connectivity index (χ0) is 9.97. The Morgan fingerprint density at radius 3 is 2.86 bits per heavy atom. The summed E-state index contributed by atoms with van der Waals surface area (Å²) in [6.45, 7) is 0.782. The Labute approximate surface area is 89.0 Å². The molecule has 1 aliphatic rings. The van der Waals surface area contributed by atoms with Crippen molar-refractivity contribution < 1.29 is 4.74 Å². The molecule has 1 nitrogen and oxygen atoms in total. The van der Waals surface area contributed by atoms with Crippen molar-refractivity contribution in [2.75, 3.05) is 6.61 Å². The van der Waals surface area contributed by atoms with E-state index in [9.17, 15) is 0 Å². The van der Waals surface area contributed by atoms with E-state index in [1.807, 2.05) is 6.07 Å². The third-order valence-corrected chi connectivity index (χ3v) is 2.44. The lowest BCUT2D eigenvalue weighted by Crippen LogP contribution is -1.98. The van der Waals surface area contributed by atoms with Crippen LogP contribution < -0.4 is 4.74 Å². The van der Waals surface area contributed by atoms with E-state index < -0.39 is 0 Å². The summed E-state index contributed by atoms with van der Waals surface area (Å²) in [7, 11) is 0. The maximum Gasteiger partial charge on any atom is 0.122 e. The number of ether oxygens (including phenoxy) is 1. The number of hydrogen-bond donors (Lipinski definition) is 0. The van der Waals surface area contributed by atoms with Crippen LogP contribution in [0.25, 0.3) is 0 Å². The van der Waals surface area contributed by atoms with Gasteiger partial charge in [0.05, 0.1) is 6.61 Å². The van der Waals surface area contributed by atoms with E-state index >= 15 is 0 Å². The van der Waals surface area contributed by atoms with Crippen LogP contribution in [0, 0.1) is 18.3 Å². The number of benzene rings is 1. The van der Waals surface area contributed by atoms with E-state index in [0.29, 0.717) is 5.02 Å². The Hall–Kier alpha value is -1.13. The van der Waals surface area contributed by atoms with Gasteiger partial charge < -0.3 is 4.74 Å². The van der Waals surface area contributed by atoms with Gasteiger partial charge in [0.1, 0.15) is 5.75 Å². The highest BCUT2D eigenvalue weighted by atomic mass is 35.5. The van der Waals surface area contributed by atoms with Gasteiger partial charge in [-0.1, -0.05) is 17.5 Å². The predicted octanol–water partition coefficient (Wildman–Crippen LogP) is 3.11. The van der Waals surface area contributed by atoms with Gasteiger partial charge in [0.25, 0.3) is 0 Å². The van der Waals surface area contributed by atoms with Crippen LogP contribution in [0.3, 0.4) is 0 Å². The van der Waals surface area contributed by atoms with Gasteiger partial charge in [-0.2, -0.15) is 0 Å². The molecule has 0 bridgehead atoms. The summed E-state index contributed by atoms with van der Waals surface area (Å²) >= 11 is 5.88. The van der Waals surface area contributed by atoms with Crippen LogP contribution in [0.2, 0.25) is 5.02 Å². The molecule has 2 heteroatoms. The van der Waals surface area contributed by atoms with Crippen molar-refractivity contribution in [3.8, 4) is 18.1 Å². The van der Waals surface area contributed by atoms with Crippen LogP contribution in [0.1, 0.15) is 18.4 Å². The average molecular weight is 207 g/mol. The largest absolute Gasteiger partial charge is 0.493 e. The number of hydrogen-bond acceptors (Lipinski definition) is 1. The van der Waals surface area contributed by atoms with Crippen LogP contribution in [0.5, 0.6) is 5.75 Å². The molecule has 1 aliphatic carbocycles. The molecule has 0 atom stereocenters. The lowest BCUT2D eigenvalue weighted by molar-refractivity contribution is 0.300. The summed E-state index contributed by atoms with van der Waals surface area (Å²) in [5, 5.41) is 0.631. The van der Waals surface area contributed by atoms with Crippen LogP contribution in [-0.2, 0) is 0 Å². The van der Waals surface area contributed by atoms with E-state index in [4.69, 9.17) is 22.8 Å². The van der Waals surface area contributed by atoms with Crippen molar-refractivity contribution in [3.63, 3.8) is 0 Å². The van der Waals surface area contributed by atoms with Crippen LogP contribution >= 0.6 is 11.6 Å². The van der Waals surface area contributed by atoms with Crippen molar-refractivity contribution in [3.05, 3.63) is 28.8 Å². The Morgan fingerprint density at radius 2 is 2.21 bits per heavy atom. The molecule has 0 amide bonds. The summed E-state index contributed by atoms with van der Waals surface area (Å²) in [6, 6.07) is 5.39. The summed E-state index contributed by atoms with van der Waals surface area (Å²) < 4.78 is 5.57. The summed E-state index contributed by atoms with van der Waals surface area (Å²) in [6.07, 6.45) is 7.85. The Balaban J connectivity index is 2.07. The quantitative estimate of drug-likeness (QED) is 0.691. The molecule has 1 saturated carbocycles. The maximum atomic E-state index is 5.88. The minimum absolute atomic E-state index is 0.631. The first-order valence-electron chi connectivity index (χ1n) is 4.68. The van der Waals surface area contributed by atoms with Gasteiger partial charge in [0.2, 0.25) is 0 Å².